The molecule has 1 saturated heterocycles. The van der Waals surface area contributed by atoms with Crippen LogP contribution in [0.25, 0.3) is 0 Å². The molecule has 3 aliphatic rings. The van der Waals surface area contributed by atoms with Gasteiger partial charge in [0.2, 0.25) is 0 Å². The third-order valence-electron chi connectivity index (χ3n) is 4.52. The van der Waals surface area contributed by atoms with Crippen molar-refractivity contribution in [2.45, 2.75) is 45.1 Å². The van der Waals surface area contributed by atoms with E-state index < -0.39 is 0 Å². The van der Waals surface area contributed by atoms with Crippen LogP contribution in [0.15, 0.2) is 0 Å². The van der Waals surface area contributed by atoms with Crippen LogP contribution in [0.1, 0.15) is 39.5 Å². The lowest BCUT2D eigenvalue weighted by molar-refractivity contribution is 0.123. The Hall–Kier alpha value is -0.0800. The van der Waals surface area contributed by atoms with Crippen molar-refractivity contribution in [2.75, 3.05) is 26.2 Å². The fourth-order valence-electron chi connectivity index (χ4n) is 3.38. The molecule has 15 heavy (non-hydrogen) atoms. The molecule has 3 rings (SSSR count). The lowest BCUT2D eigenvalue weighted by atomic mass is 9.96. The lowest BCUT2D eigenvalue weighted by Gasteiger charge is -2.40. The summed E-state index contributed by atoms with van der Waals surface area (Å²) in [6.07, 6.45) is 6.08. The maximum atomic E-state index is 3.60. The van der Waals surface area contributed by atoms with Gasteiger partial charge in [-0.3, -0.25) is 4.90 Å². The summed E-state index contributed by atoms with van der Waals surface area (Å²) in [6.45, 7) is 9.72. The summed E-state index contributed by atoms with van der Waals surface area (Å²) in [4.78, 5) is 2.71. The molecule has 3 fully saturated rings. The molecule has 86 valence electrons. The van der Waals surface area contributed by atoms with Gasteiger partial charge in [0.25, 0.3) is 0 Å². The summed E-state index contributed by atoms with van der Waals surface area (Å²) in [5.74, 6) is 1.11. The van der Waals surface area contributed by atoms with E-state index in [4.69, 9.17) is 0 Å². The van der Waals surface area contributed by atoms with Gasteiger partial charge in [0.15, 0.2) is 0 Å². The highest BCUT2D eigenvalue weighted by Crippen LogP contribution is 2.61. The van der Waals surface area contributed by atoms with Crippen LogP contribution in [-0.2, 0) is 0 Å². The number of hydrogen-bond donors (Lipinski definition) is 1. The first-order valence-corrected chi connectivity index (χ1v) is 6.57. The Morgan fingerprint density at radius 1 is 1.27 bits per heavy atom. The van der Waals surface area contributed by atoms with Gasteiger partial charge >= 0.3 is 0 Å². The second kappa shape index (κ2) is 3.21. The van der Waals surface area contributed by atoms with E-state index in [0.29, 0.717) is 5.54 Å². The molecule has 2 saturated carbocycles. The first-order chi connectivity index (χ1) is 7.10. The van der Waals surface area contributed by atoms with Gasteiger partial charge in [0.05, 0.1) is 0 Å². The Labute approximate surface area is 93.4 Å². The Morgan fingerprint density at radius 3 is 2.53 bits per heavy atom. The van der Waals surface area contributed by atoms with Crippen molar-refractivity contribution >= 4 is 0 Å². The van der Waals surface area contributed by atoms with E-state index in [0.717, 1.165) is 11.3 Å². The maximum Gasteiger partial charge on any atom is 0.0252 e. The average molecular weight is 208 g/mol. The third kappa shape index (κ3) is 2.07. The summed E-state index contributed by atoms with van der Waals surface area (Å²) >= 11 is 0. The summed E-state index contributed by atoms with van der Waals surface area (Å²) in [7, 11) is 0. The topological polar surface area (TPSA) is 15.3 Å². The van der Waals surface area contributed by atoms with Gasteiger partial charge in [-0.1, -0.05) is 0 Å². The highest BCUT2D eigenvalue weighted by atomic mass is 15.2. The molecular weight excluding hydrogens is 184 g/mol. The molecule has 0 aromatic heterocycles. The number of hydrogen-bond acceptors (Lipinski definition) is 2. The number of piperazine rings is 1. The second-order valence-electron chi connectivity index (χ2n) is 6.66. The van der Waals surface area contributed by atoms with Crippen molar-refractivity contribution in [1.29, 1.82) is 0 Å². The molecule has 2 nitrogen and oxygen atoms in total. The van der Waals surface area contributed by atoms with Crippen LogP contribution < -0.4 is 5.32 Å². The van der Waals surface area contributed by atoms with Crippen molar-refractivity contribution in [1.82, 2.24) is 10.2 Å². The molecule has 0 amide bonds. The van der Waals surface area contributed by atoms with Gasteiger partial charge in [0.1, 0.15) is 0 Å². The molecule has 1 heterocycles. The lowest BCUT2D eigenvalue weighted by Crippen LogP contribution is -2.57. The third-order valence-corrected chi connectivity index (χ3v) is 4.52. The smallest absolute Gasteiger partial charge is 0.0252 e. The standard InChI is InChI=1S/C13H24N2/c1-12(2)9-15(8-7-14-12)10-13(5-6-13)11-3-4-11/h11,14H,3-10H2,1-2H3. The molecular formula is C13H24N2. The number of nitrogens with zero attached hydrogens (tertiary/aromatic N) is 1. The van der Waals surface area contributed by atoms with Gasteiger partial charge in [-0.15, -0.1) is 0 Å². The quantitative estimate of drug-likeness (QED) is 0.761. The summed E-state index contributed by atoms with van der Waals surface area (Å²) in [5.41, 5.74) is 1.12. The van der Waals surface area contributed by atoms with Gasteiger partial charge in [-0.2, -0.15) is 0 Å². The van der Waals surface area contributed by atoms with Crippen molar-refractivity contribution < 1.29 is 0 Å². The highest BCUT2D eigenvalue weighted by Gasteiger charge is 2.54. The number of rotatable bonds is 3. The van der Waals surface area contributed by atoms with Crippen molar-refractivity contribution in [2.24, 2.45) is 11.3 Å². The van der Waals surface area contributed by atoms with Gasteiger partial charge in [-0.25, -0.2) is 0 Å². The predicted octanol–water partition coefficient (Wildman–Crippen LogP) is 1.86. The van der Waals surface area contributed by atoms with E-state index in [2.05, 4.69) is 24.1 Å². The van der Waals surface area contributed by atoms with E-state index in [1.807, 2.05) is 0 Å². The molecule has 1 N–H and O–H groups in total. The Morgan fingerprint density at radius 2 is 2.00 bits per heavy atom. The van der Waals surface area contributed by atoms with Crippen LogP contribution in [-0.4, -0.2) is 36.6 Å². The zero-order valence-corrected chi connectivity index (χ0v) is 10.2. The molecule has 1 aliphatic heterocycles. The van der Waals surface area contributed by atoms with Crippen molar-refractivity contribution in [3.8, 4) is 0 Å². The molecule has 0 bridgehead atoms. The zero-order valence-electron chi connectivity index (χ0n) is 10.2. The van der Waals surface area contributed by atoms with Crippen LogP contribution in [0.2, 0.25) is 0 Å². The minimum atomic E-state index is 0.331. The average Bonchev–Trinajstić information content (AvgIpc) is 2.97. The summed E-state index contributed by atoms with van der Waals surface area (Å²) < 4.78 is 0. The van der Waals surface area contributed by atoms with E-state index in [9.17, 15) is 0 Å². The van der Waals surface area contributed by atoms with Gasteiger partial charge in [-0.05, 0) is 50.9 Å². The van der Waals surface area contributed by atoms with Crippen molar-refractivity contribution in [3.63, 3.8) is 0 Å². The van der Waals surface area contributed by atoms with E-state index in [-0.39, 0.29) is 0 Å². The summed E-state index contributed by atoms with van der Waals surface area (Å²) in [6, 6.07) is 0. The van der Waals surface area contributed by atoms with Gasteiger partial charge < -0.3 is 5.32 Å². The Kier molecular flexibility index (Phi) is 2.16. The fraction of sp³-hybridized carbons (Fsp3) is 1.00. The van der Waals surface area contributed by atoms with Crippen LogP contribution >= 0.6 is 0 Å². The Bertz CT molecular complexity index is 251. The molecule has 0 atom stereocenters. The molecule has 0 aromatic carbocycles. The van der Waals surface area contributed by atoms with Crippen LogP contribution in [0.5, 0.6) is 0 Å². The van der Waals surface area contributed by atoms with Crippen LogP contribution in [0.3, 0.4) is 0 Å². The molecule has 0 spiro atoms. The van der Waals surface area contributed by atoms with Crippen LogP contribution in [0, 0.1) is 11.3 Å². The molecule has 0 aromatic rings. The zero-order chi connectivity index (χ0) is 10.5. The highest BCUT2D eigenvalue weighted by molar-refractivity contribution is 5.06. The van der Waals surface area contributed by atoms with E-state index in [1.54, 1.807) is 0 Å². The fourth-order valence-corrected chi connectivity index (χ4v) is 3.38. The number of nitrogens with one attached hydrogen (secondary N) is 1. The predicted molar refractivity (Wildman–Crippen MR) is 62.9 cm³/mol. The van der Waals surface area contributed by atoms with Gasteiger partial charge in [0, 0.05) is 31.7 Å². The van der Waals surface area contributed by atoms with Crippen molar-refractivity contribution in [3.05, 3.63) is 0 Å². The monoisotopic (exact) mass is 208 g/mol. The minimum absolute atomic E-state index is 0.331. The first kappa shape index (κ1) is 10.1. The second-order valence-corrected chi connectivity index (χ2v) is 6.66. The molecule has 0 unspecified atom stereocenters. The molecule has 2 aliphatic carbocycles. The molecule has 0 radical (unpaired) electrons. The Balaban J connectivity index is 1.58. The largest absolute Gasteiger partial charge is 0.309 e. The SMILES string of the molecule is CC1(C)CN(CC2(C3CC3)CC2)CCN1. The summed E-state index contributed by atoms with van der Waals surface area (Å²) in [5, 5.41) is 3.60. The minimum Gasteiger partial charge on any atom is -0.309 e. The molecule has 2 heteroatoms. The van der Waals surface area contributed by atoms with E-state index in [1.165, 1.54) is 51.9 Å². The first-order valence-electron chi connectivity index (χ1n) is 6.57. The normalized spacial score (nSPS) is 34.0. The maximum absolute atomic E-state index is 3.60. The van der Waals surface area contributed by atoms with E-state index >= 15 is 0 Å². The van der Waals surface area contributed by atoms with Crippen LogP contribution in [0.4, 0.5) is 0 Å².